The molecule has 6 heterocycles. The molecule has 14 rings (SSSR count). The smallest absolute Gasteiger partial charge is 0.333 e. The zero-order valence-corrected chi connectivity index (χ0v) is 37.9. The van der Waals surface area contributed by atoms with E-state index in [-0.39, 0.29) is 17.7 Å². The zero-order chi connectivity index (χ0) is 41.6. The Kier molecular flexibility index (Phi) is 6.88. The highest BCUT2D eigenvalue weighted by Crippen LogP contribution is 2.53. The number of hydrogen-bond acceptors (Lipinski definition) is 4. The molecule has 296 valence electrons. The summed E-state index contributed by atoms with van der Waals surface area (Å²) in [6.45, 7) is 14.1. The van der Waals surface area contributed by atoms with Gasteiger partial charge in [0.25, 0.3) is 0 Å². The predicted molar refractivity (Wildman–Crippen MR) is 276 cm³/mol. The molecule has 0 amide bonds. The van der Waals surface area contributed by atoms with Gasteiger partial charge in [-0.15, -0.1) is 34.0 Å². The fourth-order valence-corrected chi connectivity index (χ4v) is 14.4. The number of anilines is 3. The first kappa shape index (κ1) is 35.7. The lowest BCUT2D eigenvalue weighted by molar-refractivity contribution is 0.590. The Labute approximate surface area is 372 Å². The fraction of sp³-hybridized carbons (Fsp3) is 0.143. The van der Waals surface area contributed by atoms with Crippen LogP contribution in [-0.2, 0) is 10.8 Å². The highest BCUT2D eigenvalue weighted by Gasteiger charge is 2.45. The van der Waals surface area contributed by atoms with Gasteiger partial charge < -0.3 is 9.38 Å². The molecule has 0 radical (unpaired) electrons. The summed E-state index contributed by atoms with van der Waals surface area (Å²) in [6, 6.07) is 54.4. The van der Waals surface area contributed by atoms with Gasteiger partial charge in [-0.1, -0.05) is 102 Å². The van der Waals surface area contributed by atoms with Crippen molar-refractivity contribution in [3.8, 4) is 11.1 Å². The van der Waals surface area contributed by atoms with Crippen LogP contribution in [0.4, 0.5) is 17.1 Å². The fourth-order valence-electron chi connectivity index (χ4n) is 11.0. The minimum atomic E-state index is -0.0388. The average Bonchev–Trinajstić information content (AvgIpc) is 4.02. The largest absolute Gasteiger partial charge is 0.375 e. The van der Waals surface area contributed by atoms with Crippen molar-refractivity contribution >= 4 is 151 Å². The van der Waals surface area contributed by atoms with Gasteiger partial charge >= 0.3 is 6.85 Å². The van der Waals surface area contributed by atoms with E-state index < -0.39 is 0 Å². The van der Waals surface area contributed by atoms with Crippen molar-refractivity contribution in [3.63, 3.8) is 0 Å². The molecule has 62 heavy (non-hydrogen) atoms. The quantitative estimate of drug-likeness (QED) is 0.149. The third-order valence-electron chi connectivity index (χ3n) is 14.0. The lowest BCUT2D eigenvalue weighted by Gasteiger charge is -2.41. The first-order valence-electron chi connectivity index (χ1n) is 21.8. The van der Waals surface area contributed by atoms with Crippen LogP contribution in [0.1, 0.15) is 52.7 Å². The van der Waals surface area contributed by atoms with Crippen molar-refractivity contribution < 1.29 is 0 Å². The molecule has 0 atom stereocenters. The van der Waals surface area contributed by atoms with Crippen LogP contribution in [0.25, 0.3) is 93.4 Å². The molecule has 0 fully saturated rings. The van der Waals surface area contributed by atoms with Gasteiger partial charge in [0.05, 0.1) is 5.69 Å². The Hall–Kier alpha value is -5.92. The second-order valence-electron chi connectivity index (χ2n) is 19.7. The molecular weight excluding hydrogens is 808 g/mol. The lowest BCUT2D eigenvalue weighted by atomic mass is 9.45. The molecule has 0 unspecified atom stereocenters. The molecule has 2 aliphatic rings. The third-order valence-corrected chi connectivity index (χ3v) is 17.4. The van der Waals surface area contributed by atoms with E-state index in [1.54, 1.807) is 0 Å². The molecule has 12 aromatic rings. The van der Waals surface area contributed by atoms with Crippen LogP contribution in [0, 0.1) is 0 Å². The van der Waals surface area contributed by atoms with E-state index in [1.807, 2.05) is 34.0 Å². The molecule has 2 aliphatic heterocycles. The first-order chi connectivity index (χ1) is 30.0. The van der Waals surface area contributed by atoms with Crippen LogP contribution in [0.2, 0.25) is 0 Å². The topological polar surface area (TPSA) is 8.17 Å². The minimum absolute atomic E-state index is 0.0222. The number of fused-ring (bicyclic) bond motifs is 17. The second kappa shape index (κ2) is 12.0. The van der Waals surface area contributed by atoms with E-state index in [0.29, 0.717) is 0 Å². The Morgan fingerprint density at radius 3 is 1.79 bits per heavy atom. The number of nitrogens with zero attached hydrogens (tertiary/aromatic N) is 2. The van der Waals surface area contributed by atoms with Crippen LogP contribution in [-0.4, -0.2) is 11.3 Å². The van der Waals surface area contributed by atoms with Crippen LogP contribution < -0.4 is 15.8 Å². The van der Waals surface area contributed by atoms with Gasteiger partial charge in [0.15, 0.2) is 0 Å². The highest BCUT2D eigenvalue weighted by atomic mass is 32.1. The van der Waals surface area contributed by atoms with Gasteiger partial charge in [0.1, 0.15) is 0 Å². The summed E-state index contributed by atoms with van der Waals surface area (Å²) in [4.78, 5) is 2.68. The average molecular weight is 849 g/mol. The lowest BCUT2D eigenvalue weighted by Crippen LogP contribution is -2.56. The van der Waals surface area contributed by atoms with E-state index in [0.717, 1.165) is 0 Å². The van der Waals surface area contributed by atoms with Crippen LogP contribution in [0.3, 0.4) is 0 Å². The third kappa shape index (κ3) is 4.65. The van der Waals surface area contributed by atoms with Crippen molar-refractivity contribution in [2.24, 2.45) is 0 Å². The van der Waals surface area contributed by atoms with E-state index >= 15 is 0 Å². The summed E-state index contributed by atoms with van der Waals surface area (Å²) < 4.78 is 10.8. The van der Waals surface area contributed by atoms with Gasteiger partial charge in [-0.05, 0) is 117 Å². The number of hydrogen-bond donors (Lipinski definition) is 0. The van der Waals surface area contributed by atoms with Crippen LogP contribution in [0.15, 0.2) is 140 Å². The van der Waals surface area contributed by atoms with Crippen molar-refractivity contribution in [2.45, 2.75) is 52.4 Å². The Morgan fingerprint density at radius 1 is 0.452 bits per heavy atom. The summed E-state index contributed by atoms with van der Waals surface area (Å²) in [5, 5.41) is 10.7. The molecule has 6 heteroatoms. The summed E-state index contributed by atoms with van der Waals surface area (Å²) in [7, 11) is 0. The molecule has 2 nitrogen and oxygen atoms in total. The molecule has 0 aliphatic carbocycles. The molecule has 0 bridgehead atoms. The maximum absolute atomic E-state index is 2.76. The molecule has 0 spiro atoms. The molecule has 0 saturated heterocycles. The molecule has 0 saturated carbocycles. The van der Waals surface area contributed by atoms with E-state index in [4.69, 9.17) is 0 Å². The normalized spacial score (nSPS) is 13.9. The maximum Gasteiger partial charge on any atom is 0.333 e. The minimum Gasteiger partial charge on any atom is -0.375 e. The maximum atomic E-state index is 2.76. The van der Waals surface area contributed by atoms with Gasteiger partial charge in [-0.3, -0.25) is 0 Å². The molecular formula is C56H41BN2S3. The monoisotopic (exact) mass is 848 g/mol. The number of benzene rings is 8. The predicted octanol–water partition coefficient (Wildman–Crippen LogP) is 15.9. The first-order valence-corrected chi connectivity index (χ1v) is 24.2. The van der Waals surface area contributed by atoms with Crippen molar-refractivity contribution in [1.82, 2.24) is 4.48 Å². The standard InChI is InChI=1S/C56H41BN2S3/c1-55(2,3)30-19-21-43-36(23-30)40-24-31(56(4,5)6)25-41-39-28-50-51(35-15-9-12-18-47(35)62-50)54-52(39)57(59(43)53(40)41)42-29-49-38(34-14-8-11-17-46(34)61-49)27-44(42)58(54)32-20-22-48-37(26-32)33-13-7-10-16-45(33)60-48/h7-29H,1-6H3. The SMILES string of the molecule is CC(C)(C)c1ccc2c(c1)c1cc(C(C)(C)C)cc3c1n2B1c2cc4sc5ccccc5c4cc2N(c2ccc4sc5ccccc5c4c2)c2c1c-3cc1sc3ccccc3c21. The van der Waals surface area contributed by atoms with E-state index in [2.05, 4.69) is 190 Å². The van der Waals surface area contributed by atoms with Crippen molar-refractivity contribution in [1.29, 1.82) is 0 Å². The summed E-state index contributed by atoms with van der Waals surface area (Å²) >= 11 is 5.76. The molecule has 4 aromatic heterocycles. The number of thiophene rings is 3. The second-order valence-corrected chi connectivity index (χ2v) is 23.0. The van der Waals surface area contributed by atoms with E-state index in [1.165, 1.54) is 133 Å². The zero-order valence-electron chi connectivity index (χ0n) is 35.5. The summed E-state index contributed by atoms with van der Waals surface area (Å²) in [6.07, 6.45) is 0. The van der Waals surface area contributed by atoms with E-state index in [9.17, 15) is 0 Å². The summed E-state index contributed by atoms with van der Waals surface area (Å²) in [5.74, 6) is 0. The van der Waals surface area contributed by atoms with Gasteiger partial charge in [-0.2, -0.15) is 0 Å². The molecule has 0 N–H and O–H groups in total. The Morgan fingerprint density at radius 2 is 1.06 bits per heavy atom. The van der Waals surface area contributed by atoms with Crippen molar-refractivity contribution in [2.75, 3.05) is 4.90 Å². The van der Waals surface area contributed by atoms with Crippen LogP contribution in [0.5, 0.6) is 0 Å². The summed E-state index contributed by atoms with van der Waals surface area (Å²) in [5.41, 5.74) is 14.6. The number of rotatable bonds is 1. The molecule has 8 aromatic carbocycles. The van der Waals surface area contributed by atoms with Crippen LogP contribution >= 0.6 is 34.0 Å². The van der Waals surface area contributed by atoms with Gasteiger partial charge in [0, 0.05) is 99.3 Å². The highest BCUT2D eigenvalue weighted by molar-refractivity contribution is 7.27. The van der Waals surface area contributed by atoms with Gasteiger partial charge in [0.2, 0.25) is 0 Å². The van der Waals surface area contributed by atoms with Crippen molar-refractivity contribution in [3.05, 3.63) is 151 Å². The Bertz CT molecular complexity index is 3970. The Balaban J connectivity index is 1.21. The number of aromatic nitrogens is 1. The van der Waals surface area contributed by atoms with Gasteiger partial charge in [-0.25, -0.2) is 0 Å².